The summed E-state index contributed by atoms with van der Waals surface area (Å²) in [5.74, 6) is 1.34. The van der Waals surface area contributed by atoms with Gasteiger partial charge in [-0.3, -0.25) is 9.78 Å². The van der Waals surface area contributed by atoms with Crippen molar-refractivity contribution < 1.29 is 9.53 Å². The summed E-state index contributed by atoms with van der Waals surface area (Å²) in [6, 6.07) is 5.67. The van der Waals surface area contributed by atoms with Gasteiger partial charge in [0.25, 0.3) is 5.91 Å². The maximum atomic E-state index is 13.2. The van der Waals surface area contributed by atoms with E-state index in [1.165, 1.54) is 0 Å². The minimum absolute atomic E-state index is 0.0259. The first-order valence-electron chi connectivity index (χ1n) is 10.9. The van der Waals surface area contributed by atoms with Gasteiger partial charge in [-0.25, -0.2) is 9.97 Å². The van der Waals surface area contributed by atoms with Gasteiger partial charge in [0.1, 0.15) is 16.8 Å². The number of ether oxygens (including phenoxy) is 1. The summed E-state index contributed by atoms with van der Waals surface area (Å²) in [5, 5.41) is 0. The van der Waals surface area contributed by atoms with Crippen LogP contribution in [0.3, 0.4) is 0 Å². The summed E-state index contributed by atoms with van der Waals surface area (Å²) in [5.41, 5.74) is 10.8. The number of nitrogens with zero attached hydrogens (tertiary/aromatic N) is 6. The van der Waals surface area contributed by atoms with E-state index >= 15 is 0 Å². The summed E-state index contributed by atoms with van der Waals surface area (Å²) < 4.78 is 9.78. The minimum Gasteiger partial charge on any atom is -0.494 e. The molecule has 2 N–H and O–H groups in total. The van der Waals surface area contributed by atoms with Crippen molar-refractivity contribution in [1.29, 1.82) is 0 Å². The third-order valence-electron chi connectivity index (χ3n) is 6.22. The molecule has 0 spiro atoms. The van der Waals surface area contributed by atoms with E-state index < -0.39 is 0 Å². The van der Waals surface area contributed by atoms with Crippen molar-refractivity contribution in [1.82, 2.24) is 29.0 Å². The Morgan fingerprint density at radius 1 is 1.22 bits per heavy atom. The van der Waals surface area contributed by atoms with E-state index in [0.717, 1.165) is 54.1 Å². The number of rotatable bonds is 4. The van der Waals surface area contributed by atoms with Crippen LogP contribution in [0.5, 0.6) is 5.75 Å². The molecule has 1 atom stereocenters. The van der Waals surface area contributed by atoms with E-state index in [9.17, 15) is 4.79 Å². The van der Waals surface area contributed by atoms with Gasteiger partial charge in [0, 0.05) is 50.7 Å². The number of aromatic nitrogens is 5. The Morgan fingerprint density at radius 2 is 2.03 bits per heavy atom. The van der Waals surface area contributed by atoms with Gasteiger partial charge in [-0.2, -0.15) is 0 Å². The van der Waals surface area contributed by atoms with Crippen LogP contribution in [-0.4, -0.2) is 61.1 Å². The number of hydrogen-bond acceptors (Lipinski definition) is 6. The number of likely N-dealkylation sites (tertiary alicyclic amines) is 1. The summed E-state index contributed by atoms with van der Waals surface area (Å²) >= 11 is 0. The number of fused-ring (bicyclic) bond motifs is 2. The van der Waals surface area contributed by atoms with E-state index in [-0.39, 0.29) is 11.9 Å². The Bertz CT molecular complexity index is 1320. The lowest BCUT2D eigenvalue weighted by atomic mass is 10.0. The Balaban J connectivity index is 1.64. The summed E-state index contributed by atoms with van der Waals surface area (Å²) in [4.78, 5) is 28.9. The van der Waals surface area contributed by atoms with Crippen LogP contribution in [0.4, 0.5) is 0 Å². The molecule has 1 fully saturated rings. The van der Waals surface area contributed by atoms with Crippen molar-refractivity contribution in [3.05, 3.63) is 36.2 Å². The number of aryl methyl sites for hydroxylation is 2. The molecule has 0 radical (unpaired) electrons. The fourth-order valence-corrected chi connectivity index (χ4v) is 4.67. The topological polar surface area (TPSA) is 104 Å². The second-order valence-electron chi connectivity index (χ2n) is 8.23. The Labute approximate surface area is 185 Å². The maximum absolute atomic E-state index is 13.2. The molecule has 9 nitrogen and oxygen atoms in total. The van der Waals surface area contributed by atoms with Crippen LogP contribution in [0, 0.1) is 0 Å². The van der Waals surface area contributed by atoms with Crippen molar-refractivity contribution in [3.63, 3.8) is 0 Å². The van der Waals surface area contributed by atoms with E-state index in [0.29, 0.717) is 23.4 Å². The fraction of sp³-hybridized carbons (Fsp3) is 0.391. The normalized spacial score (nSPS) is 16.8. The Kier molecular flexibility index (Phi) is 5.05. The molecular weight excluding hydrogens is 406 g/mol. The van der Waals surface area contributed by atoms with Gasteiger partial charge in [0.2, 0.25) is 0 Å². The SMILES string of the molecule is CCn1c(-c2nc3cc(C(=O)N4CCC[C@@H](N)C4)cc(OC)c3n2C)cc2nccnc21. The first-order chi connectivity index (χ1) is 15.5. The second-order valence-corrected chi connectivity index (χ2v) is 8.23. The number of hydrogen-bond donors (Lipinski definition) is 1. The molecule has 3 aromatic heterocycles. The molecule has 9 heteroatoms. The van der Waals surface area contributed by atoms with Gasteiger partial charge in [-0.15, -0.1) is 0 Å². The van der Waals surface area contributed by atoms with Gasteiger partial charge < -0.3 is 24.5 Å². The van der Waals surface area contributed by atoms with Crippen LogP contribution >= 0.6 is 0 Å². The summed E-state index contributed by atoms with van der Waals surface area (Å²) in [7, 11) is 3.57. The number of benzene rings is 1. The van der Waals surface area contributed by atoms with Crippen LogP contribution in [-0.2, 0) is 13.6 Å². The Hall–Kier alpha value is -3.46. The van der Waals surface area contributed by atoms with Crippen LogP contribution < -0.4 is 10.5 Å². The van der Waals surface area contributed by atoms with Gasteiger partial charge in [-0.1, -0.05) is 0 Å². The predicted octanol–water partition coefficient (Wildman–Crippen LogP) is 2.58. The maximum Gasteiger partial charge on any atom is 0.254 e. The first-order valence-corrected chi connectivity index (χ1v) is 10.9. The highest BCUT2D eigenvalue weighted by molar-refractivity contribution is 6.00. The third kappa shape index (κ3) is 3.20. The van der Waals surface area contributed by atoms with E-state index in [4.69, 9.17) is 15.5 Å². The molecule has 4 heterocycles. The number of imidazole rings is 1. The standard InChI is InChI=1S/C23H27N7O2/c1-4-30-18(12-17-21(30)26-8-7-25-17)22-27-16-10-14(11-19(32-3)20(16)28(22)2)23(31)29-9-5-6-15(24)13-29/h7-8,10-12,15H,4-6,9,13,24H2,1-3H3/t15-/m1/s1. The molecule has 1 saturated heterocycles. The molecule has 0 aliphatic carbocycles. The number of carbonyl (C=O) groups excluding carboxylic acids is 1. The van der Waals surface area contributed by atoms with Crippen LogP contribution in [0.2, 0.25) is 0 Å². The molecule has 1 amide bonds. The van der Waals surface area contributed by atoms with Crippen LogP contribution in [0.15, 0.2) is 30.6 Å². The van der Waals surface area contributed by atoms with Gasteiger partial charge in [0.05, 0.1) is 18.3 Å². The van der Waals surface area contributed by atoms with Crippen molar-refractivity contribution in [2.75, 3.05) is 20.2 Å². The molecule has 32 heavy (non-hydrogen) atoms. The van der Waals surface area contributed by atoms with E-state index in [2.05, 4.69) is 21.5 Å². The zero-order valence-electron chi connectivity index (χ0n) is 18.6. The average molecular weight is 434 g/mol. The monoisotopic (exact) mass is 433 g/mol. The molecule has 0 unspecified atom stereocenters. The zero-order chi connectivity index (χ0) is 22.4. The zero-order valence-corrected chi connectivity index (χ0v) is 18.6. The number of piperidine rings is 1. The highest BCUT2D eigenvalue weighted by atomic mass is 16.5. The lowest BCUT2D eigenvalue weighted by Gasteiger charge is -2.30. The number of carbonyl (C=O) groups is 1. The highest BCUT2D eigenvalue weighted by Gasteiger charge is 2.25. The van der Waals surface area contributed by atoms with Crippen molar-refractivity contribution in [2.45, 2.75) is 32.4 Å². The largest absolute Gasteiger partial charge is 0.494 e. The van der Waals surface area contributed by atoms with Crippen LogP contribution in [0.25, 0.3) is 33.7 Å². The smallest absolute Gasteiger partial charge is 0.254 e. The molecule has 1 aliphatic rings. The van der Waals surface area contributed by atoms with Gasteiger partial charge in [0.15, 0.2) is 11.5 Å². The third-order valence-corrected chi connectivity index (χ3v) is 6.22. The first kappa shape index (κ1) is 20.4. The molecule has 0 bridgehead atoms. The number of nitrogens with two attached hydrogens (primary N) is 1. The van der Waals surface area contributed by atoms with Gasteiger partial charge >= 0.3 is 0 Å². The average Bonchev–Trinajstić information content (AvgIpc) is 3.35. The number of methoxy groups -OCH3 is 1. The van der Waals surface area contributed by atoms with Crippen molar-refractivity contribution in [3.8, 4) is 17.3 Å². The summed E-state index contributed by atoms with van der Waals surface area (Å²) in [6.45, 7) is 4.10. The molecule has 1 aromatic carbocycles. The van der Waals surface area contributed by atoms with Crippen LogP contribution in [0.1, 0.15) is 30.1 Å². The molecular formula is C23H27N7O2. The molecule has 166 valence electrons. The molecule has 4 aromatic rings. The van der Waals surface area contributed by atoms with E-state index in [1.54, 1.807) is 25.6 Å². The molecule has 0 saturated carbocycles. The fourth-order valence-electron chi connectivity index (χ4n) is 4.67. The van der Waals surface area contributed by atoms with Crippen molar-refractivity contribution >= 4 is 28.1 Å². The highest BCUT2D eigenvalue weighted by Crippen LogP contribution is 2.33. The molecule has 5 rings (SSSR count). The van der Waals surface area contributed by atoms with Gasteiger partial charge in [-0.05, 0) is 38.0 Å². The lowest BCUT2D eigenvalue weighted by molar-refractivity contribution is 0.0708. The number of amides is 1. The van der Waals surface area contributed by atoms with Crippen molar-refractivity contribution in [2.24, 2.45) is 12.8 Å². The quantitative estimate of drug-likeness (QED) is 0.530. The lowest BCUT2D eigenvalue weighted by Crippen LogP contribution is -2.45. The Morgan fingerprint density at radius 3 is 2.78 bits per heavy atom. The molecule has 1 aliphatic heterocycles. The minimum atomic E-state index is -0.0383. The summed E-state index contributed by atoms with van der Waals surface area (Å²) in [6.07, 6.45) is 5.25. The second kappa shape index (κ2) is 7.90. The van der Waals surface area contributed by atoms with E-state index in [1.807, 2.05) is 28.6 Å². The predicted molar refractivity (Wildman–Crippen MR) is 123 cm³/mol.